The number of hydrogen-bond donors (Lipinski definition) is 0. The number of tetrazole rings is 1. The molecule has 0 radical (unpaired) electrons. The van der Waals surface area contributed by atoms with Crippen molar-refractivity contribution < 1.29 is 9.47 Å². The van der Waals surface area contributed by atoms with Crippen LogP contribution in [0.1, 0.15) is 43.1 Å². The van der Waals surface area contributed by atoms with Crippen molar-refractivity contribution in [3.63, 3.8) is 0 Å². The highest BCUT2D eigenvalue weighted by atomic mass is 32.1. The van der Waals surface area contributed by atoms with Gasteiger partial charge in [0.1, 0.15) is 6.04 Å². The van der Waals surface area contributed by atoms with Crippen molar-refractivity contribution in [2.75, 3.05) is 33.0 Å². The molecule has 0 bridgehead atoms. The molecule has 4 heterocycles. The summed E-state index contributed by atoms with van der Waals surface area (Å²) in [6.07, 6.45) is 0. The predicted molar refractivity (Wildman–Crippen MR) is 118 cm³/mol. The number of rotatable bonds is 5. The van der Waals surface area contributed by atoms with Gasteiger partial charge in [-0.05, 0) is 60.3 Å². The largest absolute Gasteiger partial charge is 0.454 e. The second-order valence-electron chi connectivity index (χ2n) is 9.04. The molecular weight excluding hydrogens is 412 g/mol. The van der Waals surface area contributed by atoms with Crippen LogP contribution < -0.4 is 9.47 Å². The molecule has 0 saturated carbocycles. The van der Waals surface area contributed by atoms with Crippen molar-refractivity contribution >= 4 is 11.3 Å². The number of ether oxygens (including phenoxy) is 2. The Hall–Kier alpha value is -2.49. The van der Waals surface area contributed by atoms with Crippen molar-refractivity contribution in [1.29, 1.82) is 0 Å². The molecule has 2 aromatic heterocycles. The molecule has 3 aromatic rings. The molecule has 0 N–H and O–H groups in total. The molecule has 0 unspecified atom stereocenters. The van der Waals surface area contributed by atoms with Crippen LogP contribution in [0.4, 0.5) is 0 Å². The Balaban J connectivity index is 1.31. The van der Waals surface area contributed by atoms with Crippen molar-refractivity contribution in [3.05, 3.63) is 52.0 Å². The van der Waals surface area contributed by atoms with Crippen LogP contribution in [-0.4, -0.2) is 63.0 Å². The minimum atomic E-state index is -0.171. The lowest BCUT2D eigenvalue weighted by Crippen LogP contribution is -2.48. The van der Waals surface area contributed by atoms with E-state index in [2.05, 4.69) is 75.7 Å². The number of aromatic nitrogens is 4. The summed E-state index contributed by atoms with van der Waals surface area (Å²) in [6.45, 7) is 11.6. The van der Waals surface area contributed by atoms with Gasteiger partial charge in [-0.2, -0.15) is 0 Å². The maximum atomic E-state index is 5.53. The summed E-state index contributed by atoms with van der Waals surface area (Å²) in [7, 11) is 0. The summed E-state index contributed by atoms with van der Waals surface area (Å²) < 4.78 is 12.9. The number of hydrogen-bond acceptors (Lipinski definition) is 8. The first kappa shape index (κ1) is 20.4. The third-order valence-corrected chi connectivity index (χ3v) is 6.73. The average Bonchev–Trinajstić information content (AvgIpc) is 3.51. The molecule has 1 fully saturated rings. The third-order valence-electron chi connectivity index (χ3n) is 5.80. The first-order chi connectivity index (χ1) is 15.0. The lowest BCUT2D eigenvalue weighted by Gasteiger charge is -2.39. The average molecular weight is 441 g/mol. The molecule has 5 rings (SSSR count). The number of thiophene rings is 1. The summed E-state index contributed by atoms with van der Waals surface area (Å²) in [5.74, 6) is 2.60. The zero-order valence-electron chi connectivity index (χ0n) is 18.2. The Morgan fingerprint density at radius 2 is 1.87 bits per heavy atom. The second kappa shape index (κ2) is 8.22. The van der Waals surface area contributed by atoms with Gasteiger partial charge in [-0.3, -0.25) is 9.80 Å². The SMILES string of the molecule is CC(C)(C)n1nnnc1[C@@H](c1cccs1)N1CCN(Cc2ccc3c(c2)OCO3)CC1. The maximum absolute atomic E-state index is 5.53. The van der Waals surface area contributed by atoms with Crippen LogP contribution >= 0.6 is 11.3 Å². The summed E-state index contributed by atoms with van der Waals surface area (Å²) in [5.41, 5.74) is 1.08. The molecule has 0 spiro atoms. The van der Waals surface area contributed by atoms with Crippen LogP contribution in [0.25, 0.3) is 0 Å². The van der Waals surface area contributed by atoms with Crippen molar-refractivity contribution in [2.45, 2.75) is 38.9 Å². The topological polar surface area (TPSA) is 68.5 Å². The highest BCUT2D eigenvalue weighted by Crippen LogP contribution is 2.34. The van der Waals surface area contributed by atoms with Gasteiger partial charge in [-0.15, -0.1) is 16.4 Å². The van der Waals surface area contributed by atoms with E-state index in [1.165, 1.54) is 10.4 Å². The second-order valence-corrected chi connectivity index (χ2v) is 10.0. The van der Waals surface area contributed by atoms with Crippen molar-refractivity contribution in [3.8, 4) is 11.5 Å². The van der Waals surface area contributed by atoms with E-state index in [-0.39, 0.29) is 11.6 Å². The van der Waals surface area contributed by atoms with Gasteiger partial charge in [0, 0.05) is 37.6 Å². The summed E-state index contributed by atoms with van der Waals surface area (Å²) in [4.78, 5) is 6.28. The first-order valence-electron chi connectivity index (χ1n) is 10.7. The molecule has 1 aromatic carbocycles. The van der Waals surface area contributed by atoms with E-state index >= 15 is 0 Å². The molecule has 164 valence electrons. The molecule has 9 heteroatoms. The van der Waals surface area contributed by atoms with E-state index in [0.717, 1.165) is 50.0 Å². The standard InChI is InChI=1S/C22H28N6O2S/c1-22(2,3)28-21(23-24-25-28)20(19-5-4-12-31-19)27-10-8-26(9-11-27)14-16-6-7-17-18(13-16)30-15-29-17/h4-7,12-13,20H,8-11,14-15H2,1-3H3/t20-/m1/s1. The predicted octanol–water partition coefficient (Wildman–Crippen LogP) is 3.13. The van der Waals surface area contributed by atoms with Gasteiger partial charge in [0.2, 0.25) is 6.79 Å². The van der Waals surface area contributed by atoms with Gasteiger partial charge in [-0.25, -0.2) is 4.68 Å². The smallest absolute Gasteiger partial charge is 0.231 e. The summed E-state index contributed by atoms with van der Waals surface area (Å²) >= 11 is 1.77. The molecule has 0 aliphatic carbocycles. The molecule has 8 nitrogen and oxygen atoms in total. The fourth-order valence-electron chi connectivity index (χ4n) is 4.24. The van der Waals surface area contributed by atoms with Crippen LogP contribution in [-0.2, 0) is 12.1 Å². The molecule has 1 saturated heterocycles. The first-order valence-corrected chi connectivity index (χ1v) is 11.5. The van der Waals surface area contributed by atoms with E-state index in [1.54, 1.807) is 11.3 Å². The van der Waals surface area contributed by atoms with Gasteiger partial charge in [0.05, 0.1) is 5.54 Å². The number of fused-ring (bicyclic) bond motifs is 1. The monoisotopic (exact) mass is 440 g/mol. The normalized spacial score (nSPS) is 18.4. The number of piperazine rings is 1. The summed E-state index contributed by atoms with van der Waals surface area (Å²) in [5, 5.41) is 14.9. The van der Waals surface area contributed by atoms with Crippen LogP contribution in [0.3, 0.4) is 0 Å². The number of benzene rings is 1. The van der Waals surface area contributed by atoms with Crippen LogP contribution in [0.15, 0.2) is 35.7 Å². The van der Waals surface area contributed by atoms with E-state index in [4.69, 9.17) is 9.47 Å². The Labute approximate surface area is 186 Å². The zero-order chi connectivity index (χ0) is 21.4. The van der Waals surface area contributed by atoms with Crippen LogP contribution in [0.5, 0.6) is 11.5 Å². The Morgan fingerprint density at radius 1 is 1.06 bits per heavy atom. The zero-order valence-corrected chi connectivity index (χ0v) is 19.0. The van der Waals surface area contributed by atoms with E-state index in [1.807, 2.05) is 10.7 Å². The van der Waals surface area contributed by atoms with E-state index in [9.17, 15) is 0 Å². The van der Waals surface area contributed by atoms with Gasteiger partial charge in [0.15, 0.2) is 17.3 Å². The van der Waals surface area contributed by atoms with Gasteiger partial charge in [0.25, 0.3) is 0 Å². The molecule has 2 aliphatic rings. The lowest BCUT2D eigenvalue weighted by molar-refractivity contribution is 0.0990. The fraction of sp³-hybridized carbons (Fsp3) is 0.500. The molecule has 31 heavy (non-hydrogen) atoms. The highest BCUT2D eigenvalue weighted by molar-refractivity contribution is 7.10. The molecular formula is C22H28N6O2S. The third kappa shape index (κ3) is 4.17. The Morgan fingerprint density at radius 3 is 2.61 bits per heavy atom. The lowest BCUT2D eigenvalue weighted by atomic mass is 10.1. The fourth-order valence-corrected chi connectivity index (χ4v) is 5.09. The molecule has 2 aliphatic heterocycles. The minimum absolute atomic E-state index is 0.0712. The summed E-state index contributed by atoms with van der Waals surface area (Å²) in [6, 6.07) is 10.6. The number of nitrogens with zero attached hydrogens (tertiary/aromatic N) is 6. The van der Waals surface area contributed by atoms with Crippen molar-refractivity contribution in [2.24, 2.45) is 0 Å². The van der Waals surface area contributed by atoms with E-state index in [0.29, 0.717) is 6.79 Å². The molecule has 0 amide bonds. The quantitative estimate of drug-likeness (QED) is 0.604. The minimum Gasteiger partial charge on any atom is -0.454 e. The van der Waals surface area contributed by atoms with Crippen molar-refractivity contribution in [1.82, 2.24) is 30.0 Å². The van der Waals surface area contributed by atoms with E-state index < -0.39 is 0 Å². The van der Waals surface area contributed by atoms with Gasteiger partial charge < -0.3 is 9.47 Å². The van der Waals surface area contributed by atoms with Gasteiger partial charge in [-0.1, -0.05) is 12.1 Å². The van der Waals surface area contributed by atoms with Crippen LogP contribution in [0.2, 0.25) is 0 Å². The highest BCUT2D eigenvalue weighted by Gasteiger charge is 2.33. The van der Waals surface area contributed by atoms with Crippen LogP contribution in [0, 0.1) is 0 Å². The molecule has 1 atom stereocenters. The van der Waals surface area contributed by atoms with Gasteiger partial charge >= 0.3 is 0 Å². The maximum Gasteiger partial charge on any atom is 0.231 e. The Kier molecular flexibility index (Phi) is 5.41. The Bertz CT molecular complexity index is 1020.